The number of amides is 2. The minimum atomic E-state index is -1.19. The lowest BCUT2D eigenvalue weighted by molar-refractivity contribution is -0.140. The summed E-state index contributed by atoms with van der Waals surface area (Å²) in [5, 5.41) is 13.5. The Bertz CT molecular complexity index is 421. The molecule has 0 aliphatic carbocycles. The Morgan fingerprint density at radius 1 is 0.679 bits per heavy atom. The minimum absolute atomic E-state index is 0.164. The molecule has 28 heavy (non-hydrogen) atoms. The molecule has 0 saturated carbocycles. The van der Waals surface area contributed by atoms with E-state index in [1.54, 1.807) is 7.11 Å². The largest absolute Gasteiger partial charge is 0.481 e. The molecular weight excluding hydrogens is 376 g/mol. The van der Waals surface area contributed by atoms with Gasteiger partial charge in [0.05, 0.1) is 59.5 Å². The second kappa shape index (κ2) is 20.0. The molecule has 0 unspecified atom stereocenters. The third-order valence-electron chi connectivity index (χ3n) is 3.10. The molecule has 0 heterocycles. The molecule has 0 aliphatic rings. The van der Waals surface area contributed by atoms with E-state index < -0.39 is 18.3 Å². The summed E-state index contributed by atoms with van der Waals surface area (Å²) in [6.07, 6.45) is -0.380. The van der Waals surface area contributed by atoms with E-state index in [2.05, 4.69) is 10.6 Å². The molecule has 0 aromatic heterocycles. The third-order valence-corrected chi connectivity index (χ3v) is 3.10. The van der Waals surface area contributed by atoms with Crippen molar-refractivity contribution in [3.8, 4) is 0 Å². The van der Waals surface area contributed by atoms with Gasteiger partial charge in [-0.15, -0.1) is 0 Å². The summed E-state index contributed by atoms with van der Waals surface area (Å²) in [5.74, 6) is -1.92. The van der Waals surface area contributed by atoms with Crippen LogP contribution in [-0.4, -0.2) is 103 Å². The molecule has 0 aromatic rings. The summed E-state index contributed by atoms with van der Waals surface area (Å²) in [5.41, 5.74) is 0. The minimum Gasteiger partial charge on any atom is -0.481 e. The molecule has 0 aromatic carbocycles. The average Bonchev–Trinajstić information content (AvgIpc) is 2.64. The predicted octanol–water partition coefficient (Wildman–Crippen LogP) is -1.20. The van der Waals surface area contributed by atoms with E-state index in [1.807, 2.05) is 0 Å². The van der Waals surface area contributed by atoms with Crippen molar-refractivity contribution in [2.24, 2.45) is 0 Å². The van der Waals surface area contributed by atoms with Crippen LogP contribution in [0.15, 0.2) is 0 Å². The highest BCUT2D eigenvalue weighted by molar-refractivity contribution is 5.93. The summed E-state index contributed by atoms with van der Waals surface area (Å²) in [6.45, 7) is 4.40. The highest BCUT2D eigenvalue weighted by atomic mass is 16.6. The fourth-order valence-corrected chi connectivity index (χ4v) is 1.76. The van der Waals surface area contributed by atoms with Gasteiger partial charge in [-0.25, -0.2) is 0 Å². The monoisotopic (exact) mass is 408 g/mol. The lowest BCUT2D eigenvalue weighted by Crippen LogP contribution is -2.30. The summed E-state index contributed by atoms with van der Waals surface area (Å²) < 4.78 is 25.9. The van der Waals surface area contributed by atoms with Crippen LogP contribution in [0.4, 0.5) is 0 Å². The molecule has 0 aliphatic heterocycles. The molecule has 0 saturated heterocycles. The van der Waals surface area contributed by atoms with E-state index in [0.29, 0.717) is 52.8 Å². The molecule has 0 spiro atoms. The number of rotatable bonds is 20. The van der Waals surface area contributed by atoms with Gasteiger partial charge in [0.2, 0.25) is 11.8 Å². The fraction of sp³-hybridized carbons (Fsp3) is 0.824. The SMILES string of the molecule is COCCOCCOCCOCCNC(=O)CCOCCNC(=O)CC(=O)O. The molecule has 11 heteroatoms. The average molecular weight is 408 g/mol. The van der Waals surface area contributed by atoms with Crippen LogP contribution in [0.1, 0.15) is 12.8 Å². The van der Waals surface area contributed by atoms with Gasteiger partial charge in [0.25, 0.3) is 0 Å². The molecule has 0 radical (unpaired) electrons. The van der Waals surface area contributed by atoms with E-state index in [-0.39, 0.29) is 32.1 Å². The first-order valence-electron chi connectivity index (χ1n) is 9.11. The van der Waals surface area contributed by atoms with Gasteiger partial charge in [-0.2, -0.15) is 0 Å². The van der Waals surface area contributed by atoms with Crippen molar-refractivity contribution in [2.45, 2.75) is 12.8 Å². The maximum absolute atomic E-state index is 11.6. The molecular formula is C17H32N2O9. The van der Waals surface area contributed by atoms with E-state index in [0.717, 1.165) is 0 Å². The first kappa shape index (κ1) is 26.2. The zero-order valence-corrected chi connectivity index (χ0v) is 16.4. The van der Waals surface area contributed by atoms with Gasteiger partial charge in [0, 0.05) is 26.6 Å². The van der Waals surface area contributed by atoms with Gasteiger partial charge in [-0.05, 0) is 0 Å². The number of hydrogen-bond acceptors (Lipinski definition) is 8. The summed E-state index contributed by atoms with van der Waals surface area (Å²) in [7, 11) is 1.62. The Kier molecular flexibility index (Phi) is 18.7. The Labute approximate surface area is 165 Å². The number of methoxy groups -OCH3 is 1. The maximum atomic E-state index is 11.6. The summed E-state index contributed by atoms with van der Waals surface area (Å²) in [4.78, 5) is 32.9. The van der Waals surface area contributed by atoms with Crippen molar-refractivity contribution in [1.82, 2.24) is 10.6 Å². The predicted molar refractivity (Wildman–Crippen MR) is 98.0 cm³/mol. The number of aliphatic carboxylic acids is 1. The van der Waals surface area contributed by atoms with E-state index >= 15 is 0 Å². The van der Waals surface area contributed by atoms with Gasteiger partial charge in [-0.1, -0.05) is 0 Å². The second-order valence-electron chi connectivity index (χ2n) is 5.46. The number of carbonyl (C=O) groups excluding carboxylic acids is 2. The van der Waals surface area contributed by atoms with Crippen LogP contribution in [-0.2, 0) is 38.1 Å². The first-order chi connectivity index (χ1) is 13.6. The first-order valence-corrected chi connectivity index (χ1v) is 9.11. The number of hydrogen-bond donors (Lipinski definition) is 3. The topological polar surface area (TPSA) is 142 Å². The molecule has 3 N–H and O–H groups in total. The van der Waals surface area contributed by atoms with Crippen LogP contribution >= 0.6 is 0 Å². The number of carboxylic acids is 1. The molecule has 11 nitrogen and oxygen atoms in total. The van der Waals surface area contributed by atoms with Crippen LogP contribution in [0.5, 0.6) is 0 Å². The number of ether oxygens (including phenoxy) is 5. The number of carboxylic acid groups (broad SMARTS) is 1. The second-order valence-corrected chi connectivity index (χ2v) is 5.46. The molecule has 0 fully saturated rings. The summed E-state index contributed by atoms with van der Waals surface area (Å²) >= 11 is 0. The standard InChI is InChI=1S/C17H32N2O9/c1-24-8-9-27-12-13-28-11-10-26-7-3-18-15(20)2-5-25-6-4-19-16(21)14-17(22)23/h2-14H2,1H3,(H,18,20)(H,19,21)(H,22,23). The smallest absolute Gasteiger partial charge is 0.312 e. The molecule has 0 atom stereocenters. The molecule has 164 valence electrons. The van der Waals surface area contributed by atoms with Crippen LogP contribution in [0.3, 0.4) is 0 Å². The highest BCUT2D eigenvalue weighted by Gasteiger charge is 2.06. The normalized spacial score (nSPS) is 10.6. The van der Waals surface area contributed by atoms with Crippen molar-refractivity contribution in [3.05, 3.63) is 0 Å². The summed E-state index contributed by atoms with van der Waals surface area (Å²) in [6, 6.07) is 0. The van der Waals surface area contributed by atoms with Crippen molar-refractivity contribution < 1.29 is 43.2 Å². The molecule has 0 bridgehead atoms. The van der Waals surface area contributed by atoms with Crippen LogP contribution in [0.2, 0.25) is 0 Å². The Hall–Kier alpha value is -1.79. The third kappa shape index (κ3) is 20.5. The van der Waals surface area contributed by atoms with E-state index in [9.17, 15) is 14.4 Å². The van der Waals surface area contributed by atoms with Gasteiger partial charge < -0.3 is 39.4 Å². The quantitative estimate of drug-likeness (QED) is 0.167. The Morgan fingerprint density at radius 3 is 1.68 bits per heavy atom. The Balaban J connectivity index is 3.25. The van der Waals surface area contributed by atoms with Crippen LogP contribution < -0.4 is 10.6 Å². The van der Waals surface area contributed by atoms with Gasteiger partial charge in [-0.3, -0.25) is 14.4 Å². The molecule has 0 rings (SSSR count). The zero-order chi connectivity index (χ0) is 20.9. The molecule has 2 amide bonds. The maximum Gasteiger partial charge on any atom is 0.312 e. The van der Waals surface area contributed by atoms with Crippen LogP contribution in [0, 0.1) is 0 Å². The zero-order valence-electron chi connectivity index (χ0n) is 16.4. The van der Waals surface area contributed by atoms with Crippen molar-refractivity contribution in [2.75, 3.05) is 79.7 Å². The highest BCUT2D eigenvalue weighted by Crippen LogP contribution is 1.85. The van der Waals surface area contributed by atoms with Crippen molar-refractivity contribution in [1.29, 1.82) is 0 Å². The van der Waals surface area contributed by atoms with Crippen LogP contribution in [0.25, 0.3) is 0 Å². The lowest BCUT2D eigenvalue weighted by atomic mass is 10.4. The van der Waals surface area contributed by atoms with Crippen molar-refractivity contribution in [3.63, 3.8) is 0 Å². The van der Waals surface area contributed by atoms with Gasteiger partial charge in [0.1, 0.15) is 6.42 Å². The number of nitrogens with one attached hydrogen (secondary N) is 2. The van der Waals surface area contributed by atoms with E-state index in [4.69, 9.17) is 28.8 Å². The number of carbonyl (C=O) groups is 3. The van der Waals surface area contributed by atoms with Gasteiger partial charge >= 0.3 is 5.97 Å². The fourth-order valence-electron chi connectivity index (χ4n) is 1.76. The van der Waals surface area contributed by atoms with E-state index in [1.165, 1.54) is 0 Å². The lowest BCUT2D eigenvalue weighted by Gasteiger charge is -2.08. The van der Waals surface area contributed by atoms with Gasteiger partial charge in [0.15, 0.2) is 0 Å². The Morgan fingerprint density at radius 2 is 1.14 bits per heavy atom. The van der Waals surface area contributed by atoms with Crippen molar-refractivity contribution >= 4 is 17.8 Å².